The van der Waals surface area contributed by atoms with Crippen LogP contribution in [0, 0.1) is 5.92 Å². The minimum atomic E-state index is 0.332. The van der Waals surface area contributed by atoms with Crippen LogP contribution in [0.3, 0.4) is 0 Å². The zero-order valence-electron chi connectivity index (χ0n) is 10.7. The Morgan fingerprint density at radius 3 is 2.78 bits per heavy atom. The molecule has 0 unspecified atom stereocenters. The number of ketones is 1. The lowest BCUT2D eigenvalue weighted by Crippen LogP contribution is -2.09. The molecule has 0 radical (unpaired) electrons. The maximum Gasteiger partial charge on any atom is 0.137 e. The minimum Gasteiger partial charge on any atom is -0.496 e. The summed E-state index contributed by atoms with van der Waals surface area (Å²) < 4.78 is 6.29. The second kappa shape index (κ2) is 6.37. The molecule has 3 heteroatoms. The standard InChI is InChI=1S/C15H19BrO2/c1-18-15-7-6-13(16)9-12(15)10-14(17)8-11-4-2-3-5-11/h6-7,9,11H,2-5,8,10H2,1H3. The molecule has 18 heavy (non-hydrogen) atoms. The molecule has 2 rings (SSSR count). The van der Waals surface area contributed by atoms with Crippen LogP contribution < -0.4 is 4.74 Å². The molecule has 0 saturated heterocycles. The van der Waals surface area contributed by atoms with E-state index in [0.717, 1.165) is 22.2 Å². The maximum atomic E-state index is 12.1. The highest BCUT2D eigenvalue weighted by Gasteiger charge is 2.19. The molecular formula is C15H19BrO2. The quantitative estimate of drug-likeness (QED) is 0.816. The van der Waals surface area contributed by atoms with Crippen LogP contribution in [0.4, 0.5) is 0 Å². The number of carbonyl (C=O) groups is 1. The number of hydrogen-bond donors (Lipinski definition) is 0. The molecule has 0 aliphatic heterocycles. The fourth-order valence-corrected chi connectivity index (χ4v) is 3.11. The third-order valence-electron chi connectivity index (χ3n) is 3.62. The van der Waals surface area contributed by atoms with Crippen molar-refractivity contribution in [3.05, 3.63) is 28.2 Å². The van der Waals surface area contributed by atoms with E-state index in [2.05, 4.69) is 15.9 Å². The molecule has 0 heterocycles. The molecule has 0 amide bonds. The van der Waals surface area contributed by atoms with E-state index in [4.69, 9.17) is 4.74 Å². The molecule has 0 N–H and O–H groups in total. The first-order valence-electron chi connectivity index (χ1n) is 6.53. The average Bonchev–Trinajstić information content (AvgIpc) is 2.82. The largest absolute Gasteiger partial charge is 0.496 e. The molecular weight excluding hydrogens is 292 g/mol. The number of benzene rings is 1. The highest BCUT2D eigenvalue weighted by Crippen LogP contribution is 2.29. The van der Waals surface area contributed by atoms with Gasteiger partial charge in [-0.1, -0.05) is 41.6 Å². The Bertz CT molecular complexity index is 423. The van der Waals surface area contributed by atoms with Crippen molar-refractivity contribution >= 4 is 21.7 Å². The predicted molar refractivity (Wildman–Crippen MR) is 76.0 cm³/mol. The Balaban J connectivity index is 1.99. The van der Waals surface area contributed by atoms with Crippen molar-refractivity contribution in [2.75, 3.05) is 7.11 Å². The van der Waals surface area contributed by atoms with Crippen LogP contribution in [0.25, 0.3) is 0 Å². The second-order valence-corrected chi connectivity index (χ2v) is 5.94. The zero-order valence-corrected chi connectivity index (χ0v) is 12.3. The summed E-state index contributed by atoms with van der Waals surface area (Å²) in [6, 6.07) is 5.82. The van der Waals surface area contributed by atoms with E-state index in [0.29, 0.717) is 18.1 Å². The van der Waals surface area contributed by atoms with Crippen molar-refractivity contribution in [1.82, 2.24) is 0 Å². The molecule has 0 spiro atoms. The molecule has 1 aliphatic rings. The van der Waals surface area contributed by atoms with E-state index in [1.54, 1.807) is 7.11 Å². The van der Waals surface area contributed by atoms with Gasteiger partial charge in [-0.05, 0) is 24.1 Å². The summed E-state index contributed by atoms with van der Waals surface area (Å²) in [5, 5.41) is 0. The topological polar surface area (TPSA) is 26.3 Å². The van der Waals surface area contributed by atoms with Gasteiger partial charge < -0.3 is 4.74 Å². The van der Waals surface area contributed by atoms with Crippen molar-refractivity contribution < 1.29 is 9.53 Å². The van der Waals surface area contributed by atoms with Crippen LogP contribution in [-0.2, 0) is 11.2 Å². The third kappa shape index (κ3) is 3.58. The van der Waals surface area contributed by atoms with E-state index in [9.17, 15) is 4.79 Å². The number of carbonyl (C=O) groups excluding carboxylic acids is 1. The van der Waals surface area contributed by atoms with Crippen molar-refractivity contribution in [3.8, 4) is 5.75 Å². The molecule has 0 aromatic heterocycles. The number of Topliss-reactive ketones (excluding diaryl/α,β-unsaturated/α-hetero) is 1. The van der Waals surface area contributed by atoms with Crippen LogP contribution in [0.15, 0.2) is 22.7 Å². The average molecular weight is 311 g/mol. The fourth-order valence-electron chi connectivity index (χ4n) is 2.71. The summed E-state index contributed by atoms with van der Waals surface area (Å²) >= 11 is 3.44. The van der Waals surface area contributed by atoms with Crippen molar-refractivity contribution in [3.63, 3.8) is 0 Å². The van der Waals surface area contributed by atoms with Gasteiger partial charge in [0, 0.05) is 22.9 Å². The maximum absolute atomic E-state index is 12.1. The van der Waals surface area contributed by atoms with Gasteiger partial charge in [0.1, 0.15) is 11.5 Å². The highest BCUT2D eigenvalue weighted by atomic mass is 79.9. The normalized spacial score (nSPS) is 15.9. The summed E-state index contributed by atoms with van der Waals surface area (Å²) in [5.41, 5.74) is 0.981. The Morgan fingerprint density at radius 1 is 1.39 bits per heavy atom. The van der Waals surface area contributed by atoms with Gasteiger partial charge in [0.25, 0.3) is 0 Å². The van der Waals surface area contributed by atoms with Gasteiger partial charge in [0.2, 0.25) is 0 Å². The molecule has 0 atom stereocenters. The molecule has 1 aromatic carbocycles. The number of rotatable bonds is 5. The smallest absolute Gasteiger partial charge is 0.137 e. The van der Waals surface area contributed by atoms with Crippen molar-refractivity contribution in [2.24, 2.45) is 5.92 Å². The number of halogens is 1. The summed E-state index contributed by atoms with van der Waals surface area (Å²) in [5.74, 6) is 1.76. The first-order valence-corrected chi connectivity index (χ1v) is 7.32. The van der Waals surface area contributed by atoms with Crippen molar-refractivity contribution in [1.29, 1.82) is 0 Å². The van der Waals surface area contributed by atoms with E-state index in [-0.39, 0.29) is 0 Å². The number of methoxy groups -OCH3 is 1. The predicted octanol–water partition coefficient (Wildman–Crippen LogP) is 4.15. The highest BCUT2D eigenvalue weighted by molar-refractivity contribution is 9.10. The first-order chi connectivity index (χ1) is 8.69. The molecule has 2 nitrogen and oxygen atoms in total. The van der Waals surface area contributed by atoms with Gasteiger partial charge in [-0.2, -0.15) is 0 Å². The van der Waals surface area contributed by atoms with Crippen LogP contribution in [0.2, 0.25) is 0 Å². The van der Waals surface area contributed by atoms with Crippen LogP contribution in [0.5, 0.6) is 5.75 Å². The lowest BCUT2D eigenvalue weighted by atomic mass is 9.97. The van der Waals surface area contributed by atoms with E-state index in [1.807, 2.05) is 18.2 Å². The SMILES string of the molecule is COc1ccc(Br)cc1CC(=O)CC1CCCC1. The van der Waals surface area contributed by atoms with Crippen LogP contribution in [-0.4, -0.2) is 12.9 Å². The fraction of sp³-hybridized carbons (Fsp3) is 0.533. The molecule has 1 aliphatic carbocycles. The summed E-state index contributed by atoms with van der Waals surface area (Å²) in [4.78, 5) is 12.1. The van der Waals surface area contributed by atoms with Gasteiger partial charge in [-0.15, -0.1) is 0 Å². The third-order valence-corrected chi connectivity index (χ3v) is 4.11. The summed E-state index contributed by atoms with van der Waals surface area (Å²) in [7, 11) is 1.65. The Morgan fingerprint density at radius 2 is 2.11 bits per heavy atom. The lowest BCUT2D eigenvalue weighted by molar-refractivity contribution is -0.119. The molecule has 1 aromatic rings. The van der Waals surface area contributed by atoms with Crippen LogP contribution >= 0.6 is 15.9 Å². The van der Waals surface area contributed by atoms with E-state index in [1.165, 1.54) is 25.7 Å². The second-order valence-electron chi connectivity index (χ2n) is 5.03. The number of hydrogen-bond acceptors (Lipinski definition) is 2. The van der Waals surface area contributed by atoms with Gasteiger partial charge in [-0.3, -0.25) is 4.79 Å². The molecule has 98 valence electrons. The zero-order chi connectivity index (χ0) is 13.0. The minimum absolute atomic E-state index is 0.332. The van der Waals surface area contributed by atoms with E-state index < -0.39 is 0 Å². The lowest BCUT2D eigenvalue weighted by Gasteiger charge is -2.10. The first kappa shape index (κ1) is 13.6. The Labute approximate surface area is 117 Å². The summed E-state index contributed by atoms with van der Waals surface area (Å²) in [6.45, 7) is 0. The van der Waals surface area contributed by atoms with E-state index >= 15 is 0 Å². The molecule has 1 saturated carbocycles. The monoisotopic (exact) mass is 310 g/mol. The Hall–Kier alpha value is -0.830. The van der Waals surface area contributed by atoms with Gasteiger partial charge in [0.05, 0.1) is 7.11 Å². The number of ether oxygens (including phenoxy) is 1. The Kier molecular flexibility index (Phi) is 4.81. The van der Waals surface area contributed by atoms with Crippen LogP contribution in [0.1, 0.15) is 37.7 Å². The van der Waals surface area contributed by atoms with Gasteiger partial charge >= 0.3 is 0 Å². The summed E-state index contributed by atoms with van der Waals surface area (Å²) in [6.07, 6.45) is 6.24. The van der Waals surface area contributed by atoms with Gasteiger partial charge in [0.15, 0.2) is 0 Å². The molecule has 0 bridgehead atoms. The van der Waals surface area contributed by atoms with Gasteiger partial charge in [-0.25, -0.2) is 0 Å². The van der Waals surface area contributed by atoms with Crippen molar-refractivity contribution in [2.45, 2.75) is 38.5 Å². The molecule has 1 fully saturated rings.